The molecule has 0 spiro atoms. The normalized spacial score (nSPS) is 11.8. The number of rotatable bonds is 5. The number of nitrogens with zero attached hydrogens (tertiary/aromatic N) is 2. The number of anilines is 1. The van der Waals surface area contributed by atoms with E-state index in [0.717, 1.165) is 0 Å². The Balaban J connectivity index is 1.78. The lowest BCUT2D eigenvalue weighted by atomic mass is 10.1. The van der Waals surface area contributed by atoms with Gasteiger partial charge in [-0.1, -0.05) is 42.3 Å². The largest absolute Gasteiger partial charge is 0.449 e. The van der Waals surface area contributed by atoms with Crippen molar-refractivity contribution in [2.45, 2.75) is 19.4 Å². The number of fused-ring (bicyclic) bond motifs is 1. The highest BCUT2D eigenvalue weighted by atomic mass is 35.5. The lowest BCUT2D eigenvalue weighted by Gasteiger charge is -2.17. The van der Waals surface area contributed by atoms with E-state index in [1.165, 1.54) is 12.4 Å². The van der Waals surface area contributed by atoms with Crippen LogP contribution in [-0.2, 0) is 9.53 Å². The molecule has 1 unspecified atom stereocenters. The molecule has 0 aliphatic rings. The molecule has 138 valence electrons. The summed E-state index contributed by atoms with van der Waals surface area (Å²) in [6.45, 7) is 1.74. The summed E-state index contributed by atoms with van der Waals surface area (Å²) in [6, 6.07) is 9.88. The van der Waals surface area contributed by atoms with E-state index in [9.17, 15) is 9.59 Å². The zero-order valence-electron chi connectivity index (χ0n) is 14.3. The van der Waals surface area contributed by atoms with E-state index in [1.807, 2.05) is 0 Å². The lowest BCUT2D eigenvalue weighted by Crippen LogP contribution is -2.32. The predicted octanol–water partition coefficient (Wildman–Crippen LogP) is 4.51. The van der Waals surface area contributed by atoms with E-state index in [2.05, 4.69) is 15.3 Å². The van der Waals surface area contributed by atoms with E-state index in [1.54, 1.807) is 43.3 Å². The number of hydrogen-bond acceptors (Lipinski definition) is 5. The van der Waals surface area contributed by atoms with Crippen LogP contribution in [0.3, 0.4) is 0 Å². The molecule has 0 saturated heterocycles. The summed E-state index contributed by atoms with van der Waals surface area (Å²) in [5.41, 5.74) is 1.57. The third-order valence-corrected chi connectivity index (χ3v) is 4.66. The molecule has 27 heavy (non-hydrogen) atoms. The molecule has 0 aliphatic carbocycles. The Hall–Kier alpha value is -2.70. The molecule has 3 rings (SSSR count). The number of halogens is 2. The van der Waals surface area contributed by atoms with Crippen molar-refractivity contribution < 1.29 is 14.3 Å². The van der Waals surface area contributed by atoms with Crippen molar-refractivity contribution in [2.24, 2.45) is 0 Å². The van der Waals surface area contributed by atoms with Gasteiger partial charge in [-0.3, -0.25) is 14.8 Å². The average Bonchev–Trinajstić information content (AvgIpc) is 2.68. The first-order chi connectivity index (χ1) is 13.0. The van der Waals surface area contributed by atoms with E-state index in [-0.39, 0.29) is 17.0 Å². The second kappa shape index (κ2) is 8.33. The number of carbonyl (C=O) groups excluding carboxylic acids is 2. The van der Waals surface area contributed by atoms with Gasteiger partial charge < -0.3 is 10.1 Å². The fourth-order valence-electron chi connectivity index (χ4n) is 2.49. The molecule has 0 fully saturated rings. The summed E-state index contributed by atoms with van der Waals surface area (Å²) in [4.78, 5) is 33.4. The van der Waals surface area contributed by atoms with Gasteiger partial charge in [-0.25, -0.2) is 4.79 Å². The number of aromatic nitrogens is 2. The third-order valence-electron chi connectivity index (χ3n) is 3.84. The highest BCUT2D eigenvalue weighted by Gasteiger charge is 2.24. The zero-order chi connectivity index (χ0) is 19.4. The van der Waals surface area contributed by atoms with Crippen LogP contribution in [0.25, 0.3) is 11.0 Å². The van der Waals surface area contributed by atoms with E-state index in [0.29, 0.717) is 21.7 Å². The van der Waals surface area contributed by atoms with Crippen molar-refractivity contribution in [3.63, 3.8) is 0 Å². The molecule has 0 radical (unpaired) electrons. The van der Waals surface area contributed by atoms with E-state index in [4.69, 9.17) is 27.9 Å². The van der Waals surface area contributed by atoms with Gasteiger partial charge in [-0.2, -0.15) is 0 Å². The number of carbonyl (C=O) groups is 2. The van der Waals surface area contributed by atoms with Crippen molar-refractivity contribution in [1.82, 2.24) is 9.97 Å². The summed E-state index contributed by atoms with van der Waals surface area (Å²) < 4.78 is 5.40. The number of nitrogens with one attached hydrogen (secondary N) is 1. The second-order valence-corrected chi connectivity index (χ2v) is 6.41. The maximum absolute atomic E-state index is 12.6. The Bertz CT molecular complexity index is 1010. The Morgan fingerprint density at radius 3 is 2.63 bits per heavy atom. The SMILES string of the molecule is CCC(OC(=O)c1cccc2nccnc12)C(=O)Nc1cccc(Cl)c1Cl. The molecule has 8 heteroatoms. The molecule has 0 aliphatic heterocycles. The molecular weight excluding hydrogens is 389 g/mol. The van der Waals surface area contributed by atoms with Crippen LogP contribution >= 0.6 is 23.2 Å². The molecule has 1 atom stereocenters. The van der Waals surface area contributed by atoms with Gasteiger partial charge in [0.05, 0.1) is 26.8 Å². The molecule has 1 amide bonds. The fraction of sp³-hybridized carbons (Fsp3) is 0.158. The molecule has 1 heterocycles. The summed E-state index contributed by atoms with van der Waals surface area (Å²) in [5.74, 6) is -1.15. The highest BCUT2D eigenvalue weighted by Crippen LogP contribution is 2.29. The van der Waals surface area contributed by atoms with Crippen LogP contribution in [0.2, 0.25) is 10.0 Å². The van der Waals surface area contributed by atoms with Crippen LogP contribution in [0.15, 0.2) is 48.8 Å². The predicted molar refractivity (Wildman–Crippen MR) is 104 cm³/mol. The van der Waals surface area contributed by atoms with Gasteiger partial charge in [0, 0.05) is 12.4 Å². The minimum atomic E-state index is -1.00. The molecule has 3 aromatic rings. The summed E-state index contributed by atoms with van der Waals surface area (Å²) >= 11 is 12.0. The average molecular weight is 404 g/mol. The van der Waals surface area contributed by atoms with Gasteiger partial charge >= 0.3 is 5.97 Å². The van der Waals surface area contributed by atoms with Crippen LogP contribution in [0.1, 0.15) is 23.7 Å². The maximum atomic E-state index is 12.6. The Morgan fingerprint density at radius 1 is 1.11 bits per heavy atom. The summed E-state index contributed by atoms with van der Waals surface area (Å²) in [6.07, 6.45) is 2.31. The minimum Gasteiger partial charge on any atom is -0.449 e. The summed E-state index contributed by atoms with van der Waals surface area (Å²) in [5, 5.41) is 3.17. The van der Waals surface area contributed by atoms with Crippen molar-refractivity contribution in [2.75, 3.05) is 5.32 Å². The van der Waals surface area contributed by atoms with Crippen LogP contribution < -0.4 is 5.32 Å². The first-order valence-corrected chi connectivity index (χ1v) is 8.92. The van der Waals surface area contributed by atoms with E-state index >= 15 is 0 Å². The van der Waals surface area contributed by atoms with Gasteiger partial charge in [0.2, 0.25) is 0 Å². The number of hydrogen-bond donors (Lipinski definition) is 1. The quantitative estimate of drug-likeness (QED) is 0.633. The van der Waals surface area contributed by atoms with Crippen LogP contribution in [0, 0.1) is 0 Å². The number of esters is 1. The molecule has 1 aromatic heterocycles. The maximum Gasteiger partial charge on any atom is 0.341 e. The standard InChI is InChI=1S/C19H15Cl2N3O3/c1-2-15(18(25)24-13-7-4-6-12(20)16(13)21)27-19(26)11-5-3-8-14-17(11)23-10-9-22-14/h3-10,15H,2H2,1H3,(H,24,25). The van der Waals surface area contributed by atoms with Crippen molar-refractivity contribution in [3.8, 4) is 0 Å². The van der Waals surface area contributed by atoms with Crippen molar-refractivity contribution in [3.05, 3.63) is 64.4 Å². The van der Waals surface area contributed by atoms with Gasteiger partial charge in [-0.15, -0.1) is 0 Å². The van der Waals surface area contributed by atoms with Gasteiger partial charge in [0.15, 0.2) is 6.10 Å². The Kier molecular flexibility index (Phi) is 5.88. The van der Waals surface area contributed by atoms with Crippen molar-refractivity contribution in [1.29, 1.82) is 0 Å². The van der Waals surface area contributed by atoms with Crippen LogP contribution in [0.4, 0.5) is 5.69 Å². The fourth-order valence-corrected chi connectivity index (χ4v) is 2.83. The van der Waals surface area contributed by atoms with E-state index < -0.39 is 18.0 Å². The molecule has 2 aromatic carbocycles. The Morgan fingerprint density at radius 2 is 1.85 bits per heavy atom. The van der Waals surface area contributed by atoms with Crippen LogP contribution in [0.5, 0.6) is 0 Å². The first kappa shape index (κ1) is 19.1. The minimum absolute atomic E-state index is 0.220. The van der Waals surface area contributed by atoms with Gasteiger partial charge in [0.1, 0.15) is 5.52 Å². The highest BCUT2D eigenvalue weighted by molar-refractivity contribution is 6.44. The molecule has 6 nitrogen and oxygen atoms in total. The summed E-state index contributed by atoms with van der Waals surface area (Å²) in [7, 11) is 0. The number of amides is 1. The van der Waals surface area contributed by atoms with Crippen molar-refractivity contribution >= 4 is 51.8 Å². The smallest absolute Gasteiger partial charge is 0.341 e. The second-order valence-electron chi connectivity index (χ2n) is 5.62. The number of para-hydroxylation sites is 1. The third kappa shape index (κ3) is 4.18. The number of ether oxygens (including phenoxy) is 1. The Labute approximate surface area is 165 Å². The van der Waals surface area contributed by atoms with Crippen LogP contribution in [-0.4, -0.2) is 27.9 Å². The topological polar surface area (TPSA) is 81.2 Å². The molecule has 1 N–H and O–H groups in total. The molecular formula is C19H15Cl2N3O3. The van der Waals surface area contributed by atoms with Gasteiger partial charge in [0.25, 0.3) is 5.91 Å². The first-order valence-electron chi connectivity index (χ1n) is 8.17. The molecule has 0 saturated carbocycles. The van der Waals surface area contributed by atoms with Gasteiger partial charge in [-0.05, 0) is 30.7 Å². The lowest BCUT2D eigenvalue weighted by molar-refractivity contribution is -0.124. The molecule has 0 bridgehead atoms. The monoisotopic (exact) mass is 403 g/mol. The number of benzene rings is 2. The zero-order valence-corrected chi connectivity index (χ0v) is 15.8.